The van der Waals surface area contributed by atoms with Gasteiger partial charge in [-0.15, -0.1) is 11.3 Å². The molecule has 32 heavy (non-hydrogen) atoms. The molecule has 170 valence electrons. The molecule has 0 aliphatic carbocycles. The van der Waals surface area contributed by atoms with Crippen molar-refractivity contribution in [2.75, 3.05) is 19.6 Å². The van der Waals surface area contributed by atoms with Crippen LogP contribution in [0.4, 0.5) is 13.2 Å². The molecule has 0 saturated carbocycles. The minimum absolute atomic E-state index is 0.154. The molecule has 1 amide bonds. The molecule has 1 aliphatic heterocycles. The van der Waals surface area contributed by atoms with E-state index >= 15 is 0 Å². The maximum Gasteiger partial charge on any atom is 0.269 e. The number of hydrogen-bond acceptors (Lipinski definition) is 4. The monoisotopic (exact) mass is 462 g/mol. The van der Waals surface area contributed by atoms with Crippen molar-refractivity contribution in [2.24, 2.45) is 4.99 Å². The van der Waals surface area contributed by atoms with Crippen molar-refractivity contribution in [3.05, 3.63) is 81.6 Å². The van der Waals surface area contributed by atoms with E-state index in [2.05, 4.69) is 22.2 Å². The van der Waals surface area contributed by atoms with Gasteiger partial charge in [-0.25, -0.2) is 18.2 Å². The van der Waals surface area contributed by atoms with E-state index in [1.165, 1.54) is 0 Å². The Labute approximate surface area is 189 Å². The third-order valence-corrected chi connectivity index (χ3v) is 5.91. The van der Waals surface area contributed by atoms with Crippen molar-refractivity contribution in [2.45, 2.75) is 26.3 Å². The first-order valence-electron chi connectivity index (χ1n) is 10.3. The molecule has 9 heteroatoms. The number of nitrogens with zero attached hydrogens (tertiary/aromatic N) is 2. The minimum atomic E-state index is -1.23. The van der Waals surface area contributed by atoms with Gasteiger partial charge < -0.3 is 15.5 Å². The zero-order valence-corrected chi connectivity index (χ0v) is 18.6. The summed E-state index contributed by atoms with van der Waals surface area (Å²) in [6.45, 7) is 6.82. The standard InChI is InChI=1S/C23H25F3N4OS/c1-3-20(23(31)28-11-9-16-6-4-13-32-16)29-22-15(2)27-10-5-12-30(22)14-17-18(24)7-8-19(25)21(17)26/h3-4,6-8,13,27H,2,5,9-12,14H2,1H3,(H,28,31)/b20-3-,29-22?. The highest BCUT2D eigenvalue weighted by Crippen LogP contribution is 2.20. The number of aliphatic imine (C=N–C) groups is 1. The molecule has 1 fully saturated rings. The fraction of sp³-hybridized carbons (Fsp3) is 0.304. The molecule has 1 aliphatic rings. The molecule has 3 rings (SSSR count). The van der Waals surface area contributed by atoms with Crippen LogP contribution in [0.5, 0.6) is 0 Å². The smallest absolute Gasteiger partial charge is 0.269 e. The fourth-order valence-electron chi connectivity index (χ4n) is 3.29. The van der Waals surface area contributed by atoms with Gasteiger partial charge in [0.15, 0.2) is 17.5 Å². The highest BCUT2D eigenvalue weighted by molar-refractivity contribution is 7.09. The molecule has 5 nitrogen and oxygen atoms in total. The van der Waals surface area contributed by atoms with E-state index in [9.17, 15) is 18.0 Å². The Balaban J connectivity index is 1.80. The molecule has 0 bridgehead atoms. The first kappa shape index (κ1) is 23.6. The summed E-state index contributed by atoms with van der Waals surface area (Å²) in [6.07, 6.45) is 2.91. The Morgan fingerprint density at radius 2 is 2.09 bits per heavy atom. The SMILES string of the molecule is C=C1NCCCN(Cc2c(F)ccc(F)c2F)C1=N/C(=C\C)C(=O)NCCc1cccs1. The predicted molar refractivity (Wildman–Crippen MR) is 121 cm³/mol. The third kappa shape index (κ3) is 5.79. The van der Waals surface area contributed by atoms with Gasteiger partial charge >= 0.3 is 0 Å². The van der Waals surface area contributed by atoms with Crippen LogP contribution in [0.25, 0.3) is 0 Å². The van der Waals surface area contributed by atoms with Crippen LogP contribution in [-0.4, -0.2) is 36.3 Å². The molecule has 0 atom stereocenters. The highest BCUT2D eigenvalue weighted by Gasteiger charge is 2.24. The summed E-state index contributed by atoms with van der Waals surface area (Å²) in [6, 6.07) is 5.60. The summed E-state index contributed by atoms with van der Waals surface area (Å²) in [4.78, 5) is 19.9. The average Bonchev–Trinajstić information content (AvgIpc) is 3.23. The summed E-state index contributed by atoms with van der Waals surface area (Å²) in [5.74, 6) is -3.27. The largest absolute Gasteiger partial charge is 0.382 e. The second-order valence-corrected chi connectivity index (χ2v) is 8.23. The number of carbonyl (C=O) groups is 1. The average molecular weight is 463 g/mol. The molecule has 1 aromatic carbocycles. The summed E-state index contributed by atoms with van der Waals surface area (Å²) in [5.41, 5.74) is 0.182. The van der Waals surface area contributed by atoms with E-state index < -0.39 is 23.0 Å². The number of allylic oxidation sites excluding steroid dienone is 1. The second-order valence-electron chi connectivity index (χ2n) is 7.20. The van der Waals surface area contributed by atoms with Gasteiger partial charge in [-0.1, -0.05) is 18.7 Å². The number of amides is 1. The predicted octanol–water partition coefficient (Wildman–Crippen LogP) is 4.14. The van der Waals surface area contributed by atoms with Crippen LogP contribution < -0.4 is 10.6 Å². The first-order chi connectivity index (χ1) is 15.4. The van der Waals surface area contributed by atoms with Crippen LogP contribution in [0.3, 0.4) is 0 Å². The lowest BCUT2D eigenvalue weighted by Crippen LogP contribution is -2.35. The molecular weight excluding hydrogens is 437 g/mol. The Hall–Kier alpha value is -3.07. The fourth-order valence-corrected chi connectivity index (χ4v) is 4.00. The number of hydrogen-bond donors (Lipinski definition) is 2. The zero-order chi connectivity index (χ0) is 23.1. The lowest BCUT2D eigenvalue weighted by atomic mass is 10.1. The van der Waals surface area contributed by atoms with Crippen LogP contribution in [0, 0.1) is 17.5 Å². The van der Waals surface area contributed by atoms with Gasteiger partial charge in [0.25, 0.3) is 5.91 Å². The maximum absolute atomic E-state index is 14.3. The molecule has 0 radical (unpaired) electrons. The van der Waals surface area contributed by atoms with Crippen molar-refractivity contribution >= 4 is 23.1 Å². The summed E-state index contributed by atoms with van der Waals surface area (Å²) in [5, 5.41) is 7.91. The number of halogens is 3. The first-order valence-corrected chi connectivity index (χ1v) is 11.1. The van der Waals surface area contributed by atoms with Gasteiger partial charge in [-0.3, -0.25) is 4.79 Å². The van der Waals surface area contributed by atoms with Gasteiger partial charge in [-0.2, -0.15) is 0 Å². The molecule has 0 spiro atoms. The number of amidine groups is 1. The van der Waals surface area contributed by atoms with Gasteiger partial charge in [0.2, 0.25) is 0 Å². The molecule has 2 aromatic rings. The lowest BCUT2D eigenvalue weighted by molar-refractivity contribution is -0.117. The summed E-state index contributed by atoms with van der Waals surface area (Å²) < 4.78 is 42.2. The maximum atomic E-state index is 14.3. The molecule has 2 heterocycles. The van der Waals surface area contributed by atoms with Crippen LogP contribution in [0.2, 0.25) is 0 Å². The molecule has 0 unspecified atom stereocenters. The number of benzene rings is 1. The van der Waals surface area contributed by atoms with Crippen molar-refractivity contribution in [1.82, 2.24) is 15.5 Å². The van der Waals surface area contributed by atoms with Gasteiger partial charge in [0.1, 0.15) is 11.5 Å². The number of nitrogens with one attached hydrogen (secondary N) is 2. The Morgan fingerprint density at radius 1 is 1.31 bits per heavy atom. The lowest BCUT2D eigenvalue weighted by Gasteiger charge is -2.25. The van der Waals surface area contributed by atoms with Crippen LogP contribution in [-0.2, 0) is 17.8 Å². The minimum Gasteiger partial charge on any atom is -0.382 e. The number of rotatable bonds is 7. The van der Waals surface area contributed by atoms with E-state index in [1.807, 2.05) is 17.5 Å². The Morgan fingerprint density at radius 3 is 2.81 bits per heavy atom. The highest BCUT2D eigenvalue weighted by atomic mass is 32.1. The van der Waals surface area contributed by atoms with Crippen molar-refractivity contribution in [1.29, 1.82) is 0 Å². The molecule has 2 N–H and O–H groups in total. The van der Waals surface area contributed by atoms with E-state index in [0.717, 1.165) is 17.0 Å². The normalized spacial score (nSPS) is 16.1. The van der Waals surface area contributed by atoms with E-state index in [-0.39, 0.29) is 24.0 Å². The Bertz CT molecular complexity index is 1030. The number of carbonyl (C=O) groups excluding carboxylic acids is 1. The van der Waals surface area contributed by atoms with Crippen molar-refractivity contribution < 1.29 is 18.0 Å². The van der Waals surface area contributed by atoms with Gasteiger partial charge in [0, 0.05) is 30.1 Å². The molecule has 1 saturated heterocycles. The third-order valence-electron chi connectivity index (χ3n) is 4.97. The van der Waals surface area contributed by atoms with E-state index in [4.69, 9.17) is 0 Å². The van der Waals surface area contributed by atoms with Crippen LogP contribution >= 0.6 is 11.3 Å². The zero-order valence-electron chi connectivity index (χ0n) is 17.8. The molecular formula is C23H25F3N4OS. The topological polar surface area (TPSA) is 56.7 Å². The quantitative estimate of drug-likeness (QED) is 0.481. The van der Waals surface area contributed by atoms with Crippen LogP contribution in [0.1, 0.15) is 23.8 Å². The molecule has 1 aromatic heterocycles. The van der Waals surface area contributed by atoms with Crippen molar-refractivity contribution in [3.63, 3.8) is 0 Å². The van der Waals surface area contributed by atoms with Crippen molar-refractivity contribution in [3.8, 4) is 0 Å². The van der Waals surface area contributed by atoms with E-state index in [1.54, 1.807) is 29.2 Å². The Kier molecular flexibility index (Phi) is 8.10. The summed E-state index contributed by atoms with van der Waals surface area (Å²) >= 11 is 1.62. The second kappa shape index (κ2) is 11.0. The van der Waals surface area contributed by atoms with Crippen LogP contribution in [0.15, 0.2) is 58.7 Å². The summed E-state index contributed by atoms with van der Waals surface area (Å²) in [7, 11) is 0. The van der Waals surface area contributed by atoms with E-state index in [0.29, 0.717) is 38.2 Å². The van der Waals surface area contributed by atoms with Gasteiger partial charge in [-0.05, 0) is 43.3 Å². The van der Waals surface area contributed by atoms with Gasteiger partial charge in [0.05, 0.1) is 12.2 Å². The number of thiophene rings is 1.